The van der Waals surface area contributed by atoms with E-state index in [2.05, 4.69) is 0 Å². The molecule has 24 heavy (non-hydrogen) atoms. The zero-order valence-electron chi connectivity index (χ0n) is 14.0. The summed E-state index contributed by atoms with van der Waals surface area (Å²) < 4.78 is 5.37. The fourth-order valence-corrected chi connectivity index (χ4v) is 2.41. The van der Waals surface area contributed by atoms with Crippen LogP contribution in [-0.4, -0.2) is 47.7 Å². The Hall–Kier alpha value is -2.60. The zero-order valence-corrected chi connectivity index (χ0v) is 14.0. The molecular formula is C18H22N2O4. The highest BCUT2D eigenvalue weighted by atomic mass is 16.5. The van der Waals surface area contributed by atoms with Crippen LogP contribution in [0.3, 0.4) is 0 Å². The highest BCUT2D eigenvalue weighted by Crippen LogP contribution is 2.23. The van der Waals surface area contributed by atoms with E-state index in [0.717, 1.165) is 15.7 Å². The molecule has 2 aromatic rings. The zero-order chi connectivity index (χ0) is 17.9. The number of amides is 1. The molecule has 0 aliphatic heterocycles. The average molecular weight is 330 g/mol. The lowest BCUT2D eigenvalue weighted by atomic mass is 10.0. The van der Waals surface area contributed by atoms with E-state index in [-0.39, 0.29) is 18.3 Å². The van der Waals surface area contributed by atoms with Gasteiger partial charge in [-0.25, -0.2) is 4.79 Å². The number of likely N-dealkylation sites (N-methyl/N-ethyl adjacent to an activating group) is 1. The number of carboxylic acids is 1. The fraction of sp³-hybridized carbons (Fsp3) is 0.333. The second-order valence-electron chi connectivity index (χ2n) is 5.94. The molecule has 0 aromatic heterocycles. The number of ether oxygens (including phenoxy) is 1. The fourth-order valence-electron chi connectivity index (χ4n) is 2.41. The van der Waals surface area contributed by atoms with Crippen molar-refractivity contribution in [1.29, 1.82) is 0 Å². The lowest BCUT2D eigenvalue weighted by molar-refractivity contribution is -0.144. The van der Waals surface area contributed by atoms with Crippen LogP contribution in [0, 0.1) is 0 Å². The number of nitrogens with two attached hydrogens (primary N) is 1. The number of hydrogen-bond acceptors (Lipinski definition) is 4. The predicted octanol–water partition coefficient (Wildman–Crippen LogP) is 2.37. The third-order valence-electron chi connectivity index (χ3n) is 3.81. The van der Waals surface area contributed by atoms with Gasteiger partial charge in [-0.2, -0.15) is 0 Å². The van der Waals surface area contributed by atoms with E-state index >= 15 is 0 Å². The first kappa shape index (κ1) is 17.7. The molecule has 2 rings (SSSR count). The number of anilines is 1. The van der Waals surface area contributed by atoms with Crippen molar-refractivity contribution in [3.8, 4) is 0 Å². The second kappa shape index (κ2) is 7.31. The Morgan fingerprint density at radius 1 is 1.21 bits per heavy atom. The maximum absolute atomic E-state index is 12.7. The molecule has 6 heteroatoms. The van der Waals surface area contributed by atoms with Gasteiger partial charge in [0.15, 0.2) is 6.04 Å². The molecule has 0 bridgehead atoms. The van der Waals surface area contributed by atoms with E-state index in [1.807, 2.05) is 38.1 Å². The largest absolute Gasteiger partial charge is 0.480 e. The summed E-state index contributed by atoms with van der Waals surface area (Å²) >= 11 is 0. The van der Waals surface area contributed by atoms with E-state index in [1.54, 1.807) is 12.1 Å². The van der Waals surface area contributed by atoms with Crippen LogP contribution in [0.5, 0.6) is 0 Å². The molecule has 1 amide bonds. The van der Waals surface area contributed by atoms with E-state index in [1.165, 1.54) is 7.05 Å². The number of rotatable bonds is 6. The lowest BCUT2D eigenvalue weighted by Crippen LogP contribution is -2.46. The number of fused-ring (bicyclic) bond motifs is 1. The van der Waals surface area contributed by atoms with Gasteiger partial charge in [0, 0.05) is 12.7 Å². The molecule has 3 N–H and O–H groups in total. The Balaban J connectivity index is 2.31. The first-order valence-electron chi connectivity index (χ1n) is 7.71. The maximum atomic E-state index is 12.7. The van der Waals surface area contributed by atoms with Crippen molar-refractivity contribution in [3.63, 3.8) is 0 Å². The quantitative estimate of drug-likeness (QED) is 0.793. The minimum Gasteiger partial charge on any atom is -0.480 e. The maximum Gasteiger partial charge on any atom is 0.328 e. The Kier molecular flexibility index (Phi) is 5.41. The van der Waals surface area contributed by atoms with Crippen LogP contribution in [0.15, 0.2) is 36.4 Å². The molecule has 128 valence electrons. The number of benzene rings is 2. The molecule has 0 saturated carbocycles. The topological polar surface area (TPSA) is 92.9 Å². The first-order chi connectivity index (χ1) is 11.3. The van der Waals surface area contributed by atoms with E-state index in [9.17, 15) is 14.7 Å². The van der Waals surface area contributed by atoms with Crippen LogP contribution in [0.1, 0.15) is 24.2 Å². The summed E-state index contributed by atoms with van der Waals surface area (Å²) in [5, 5.41) is 11.2. The summed E-state index contributed by atoms with van der Waals surface area (Å²) in [7, 11) is 1.44. The van der Waals surface area contributed by atoms with Gasteiger partial charge in [-0.15, -0.1) is 0 Å². The van der Waals surface area contributed by atoms with Gasteiger partial charge >= 0.3 is 5.97 Å². The van der Waals surface area contributed by atoms with Crippen LogP contribution in [0.2, 0.25) is 0 Å². The van der Waals surface area contributed by atoms with Gasteiger partial charge < -0.3 is 20.5 Å². The standard InChI is InChI=1S/C18H22N2O4/c1-11(2)24-10-16(18(22)23)20(3)17(21)14-8-12-6-4-5-7-13(12)9-15(14)19/h4-9,11,16H,10,19H2,1-3H3,(H,22,23). The van der Waals surface area contributed by atoms with Crippen LogP contribution < -0.4 is 5.73 Å². The van der Waals surface area contributed by atoms with Crippen molar-refractivity contribution in [2.45, 2.75) is 26.0 Å². The number of hydrogen-bond donors (Lipinski definition) is 2. The van der Waals surface area contributed by atoms with Crippen LogP contribution in [-0.2, 0) is 9.53 Å². The molecule has 0 spiro atoms. The number of carbonyl (C=O) groups excluding carboxylic acids is 1. The van der Waals surface area contributed by atoms with Crippen LogP contribution >= 0.6 is 0 Å². The number of carboxylic acid groups (broad SMARTS) is 1. The van der Waals surface area contributed by atoms with Gasteiger partial charge in [0.2, 0.25) is 0 Å². The summed E-state index contributed by atoms with van der Waals surface area (Å²) in [6, 6.07) is 9.86. The monoisotopic (exact) mass is 330 g/mol. The van der Waals surface area contributed by atoms with Crippen molar-refractivity contribution in [2.24, 2.45) is 0 Å². The van der Waals surface area contributed by atoms with E-state index < -0.39 is 17.9 Å². The normalized spacial score (nSPS) is 12.3. The smallest absolute Gasteiger partial charge is 0.328 e. The molecular weight excluding hydrogens is 308 g/mol. The molecule has 0 aliphatic rings. The van der Waals surface area contributed by atoms with Crippen LogP contribution in [0.25, 0.3) is 10.8 Å². The minimum absolute atomic E-state index is 0.0806. The Morgan fingerprint density at radius 2 is 1.79 bits per heavy atom. The molecule has 1 atom stereocenters. The van der Waals surface area contributed by atoms with Gasteiger partial charge in [0.05, 0.1) is 18.3 Å². The van der Waals surface area contributed by atoms with Crippen molar-refractivity contribution >= 4 is 28.3 Å². The highest BCUT2D eigenvalue weighted by molar-refractivity contribution is 6.04. The SMILES string of the molecule is CC(C)OCC(C(=O)O)N(C)C(=O)c1cc2ccccc2cc1N. The van der Waals surface area contributed by atoms with Gasteiger partial charge in [0.25, 0.3) is 5.91 Å². The minimum atomic E-state index is -1.12. The molecule has 1 unspecified atom stereocenters. The Bertz CT molecular complexity index is 758. The third-order valence-corrected chi connectivity index (χ3v) is 3.81. The summed E-state index contributed by atoms with van der Waals surface area (Å²) in [6.45, 7) is 3.53. The first-order valence-corrected chi connectivity index (χ1v) is 7.71. The second-order valence-corrected chi connectivity index (χ2v) is 5.94. The summed E-state index contributed by atoms with van der Waals surface area (Å²) in [4.78, 5) is 25.4. The number of carbonyl (C=O) groups is 2. The molecule has 0 radical (unpaired) electrons. The highest BCUT2D eigenvalue weighted by Gasteiger charge is 2.29. The summed E-state index contributed by atoms with van der Waals surface area (Å²) in [6.07, 6.45) is -0.124. The Labute approximate surface area is 140 Å². The van der Waals surface area contributed by atoms with Gasteiger partial charge in [-0.1, -0.05) is 24.3 Å². The van der Waals surface area contributed by atoms with Crippen molar-refractivity contribution < 1.29 is 19.4 Å². The van der Waals surface area contributed by atoms with Crippen molar-refractivity contribution in [2.75, 3.05) is 19.4 Å². The predicted molar refractivity (Wildman–Crippen MR) is 93.0 cm³/mol. The molecule has 6 nitrogen and oxygen atoms in total. The third kappa shape index (κ3) is 3.83. The molecule has 0 fully saturated rings. The molecule has 0 aliphatic carbocycles. The Morgan fingerprint density at radius 3 is 2.33 bits per heavy atom. The summed E-state index contributed by atoms with van der Waals surface area (Å²) in [5.74, 6) is -1.57. The molecule has 0 saturated heterocycles. The molecule has 0 heterocycles. The number of aliphatic carboxylic acids is 1. The lowest BCUT2D eigenvalue weighted by Gasteiger charge is -2.26. The average Bonchev–Trinajstić information content (AvgIpc) is 2.52. The van der Waals surface area contributed by atoms with Gasteiger partial charge in [0.1, 0.15) is 0 Å². The van der Waals surface area contributed by atoms with Gasteiger partial charge in [-0.05, 0) is 36.8 Å². The van der Waals surface area contributed by atoms with E-state index in [4.69, 9.17) is 10.5 Å². The van der Waals surface area contributed by atoms with E-state index in [0.29, 0.717) is 5.69 Å². The van der Waals surface area contributed by atoms with Crippen molar-refractivity contribution in [3.05, 3.63) is 42.0 Å². The van der Waals surface area contributed by atoms with Crippen molar-refractivity contribution in [1.82, 2.24) is 4.90 Å². The summed E-state index contributed by atoms with van der Waals surface area (Å²) in [5.41, 5.74) is 6.60. The number of nitrogens with zero attached hydrogens (tertiary/aromatic N) is 1. The van der Waals surface area contributed by atoms with Gasteiger partial charge in [-0.3, -0.25) is 4.79 Å². The molecule has 2 aromatic carbocycles. The number of nitrogen functional groups attached to an aromatic ring is 1. The van der Waals surface area contributed by atoms with Crippen LogP contribution in [0.4, 0.5) is 5.69 Å².